The maximum Gasteiger partial charge on any atom is 0.334 e. The van der Waals surface area contributed by atoms with E-state index in [1.165, 1.54) is 11.1 Å². The van der Waals surface area contributed by atoms with Crippen LogP contribution in [0.2, 0.25) is 0 Å². The molecule has 5 aliphatic heterocycles. The SMILES string of the molecule is CSCC[C@@H]1N2C(=O)CN(C)N(C(=O)NCc3ccccc3)[C@H]2CN2CC(c3ccccc3)C3=CC4OC(/C=C\C=C/3)C412. The quantitative estimate of drug-likeness (QED) is 0.543. The number of thioether (sulfide) groups is 1. The topological polar surface area (TPSA) is 68.4 Å². The van der Waals surface area contributed by atoms with E-state index in [0.29, 0.717) is 13.1 Å². The number of urea groups is 1. The molecular weight excluding hydrogens is 558 g/mol. The van der Waals surface area contributed by atoms with E-state index in [0.717, 1.165) is 24.3 Å². The second-order valence-electron chi connectivity index (χ2n) is 12.0. The smallest absolute Gasteiger partial charge is 0.334 e. The molecule has 2 aromatic rings. The fourth-order valence-corrected chi connectivity index (χ4v) is 8.32. The van der Waals surface area contributed by atoms with Crippen LogP contribution in [0.25, 0.3) is 0 Å². The van der Waals surface area contributed by atoms with E-state index in [4.69, 9.17) is 4.74 Å². The number of hydrogen-bond donors (Lipinski definition) is 1. The minimum absolute atomic E-state index is 0.0640. The highest BCUT2D eigenvalue weighted by atomic mass is 32.2. The fraction of sp³-hybridized carbons (Fsp3) is 0.412. The van der Waals surface area contributed by atoms with Gasteiger partial charge in [0.1, 0.15) is 23.9 Å². The molecule has 43 heavy (non-hydrogen) atoms. The standard InChI is InChI=1S/C34H39N5O3S/c1-36-23-32(40)38-28(17-18-43-2)34-29-16-10-9-15-26(19-30(34)42-29)27(25-13-7-4-8-14-25)21-37(34)22-31(38)39(36)33(41)35-20-24-11-5-3-6-12-24/h3-16,19,27-31H,17-18,20-23H2,1-2H3,(H,35,41)/b15-9-,16-10-/t27?,28-,29?,30?,31-,34?/m0/s1. The molecule has 5 heterocycles. The van der Waals surface area contributed by atoms with Crippen molar-refractivity contribution in [3.05, 3.63) is 108 Å². The van der Waals surface area contributed by atoms with Crippen LogP contribution in [-0.4, -0.2) is 100 Å². The Bertz CT molecular complexity index is 1450. The van der Waals surface area contributed by atoms with Crippen LogP contribution in [0.3, 0.4) is 0 Å². The van der Waals surface area contributed by atoms with Gasteiger partial charge in [-0.1, -0.05) is 85.0 Å². The first-order valence-corrected chi connectivity index (χ1v) is 16.6. The molecule has 0 aromatic heterocycles. The monoisotopic (exact) mass is 597 g/mol. The Morgan fingerprint density at radius 2 is 1.81 bits per heavy atom. The number of carbonyl (C=O) groups is 2. The van der Waals surface area contributed by atoms with Crippen molar-refractivity contribution in [1.29, 1.82) is 0 Å². The van der Waals surface area contributed by atoms with E-state index < -0.39 is 11.7 Å². The third-order valence-electron chi connectivity index (χ3n) is 9.76. The molecule has 0 radical (unpaired) electrons. The molecule has 3 amide bonds. The summed E-state index contributed by atoms with van der Waals surface area (Å²) in [5.74, 6) is 1.11. The van der Waals surface area contributed by atoms with Crippen LogP contribution >= 0.6 is 11.8 Å². The third-order valence-corrected chi connectivity index (χ3v) is 10.4. The number of hydrazine groups is 1. The summed E-state index contributed by atoms with van der Waals surface area (Å²) in [5, 5.41) is 6.71. The molecule has 3 bridgehead atoms. The number of carbonyl (C=O) groups excluding carboxylic acids is 2. The lowest BCUT2D eigenvalue weighted by Crippen LogP contribution is -2.88. The molecule has 7 rings (SSSR count). The molecule has 0 aliphatic carbocycles. The summed E-state index contributed by atoms with van der Waals surface area (Å²) in [7, 11) is 1.84. The second-order valence-corrected chi connectivity index (χ2v) is 13.0. The molecule has 8 nitrogen and oxygen atoms in total. The van der Waals surface area contributed by atoms with Gasteiger partial charge in [0, 0.05) is 32.6 Å². The van der Waals surface area contributed by atoms with Gasteiger partial charge in [0.05, 0.1) is 12.6 Å². The van der Waals surface area contributed by atoms with Crippen molar-refractivity contribution in [3.8, 4) is 0 Å². The summed E-state index contributed by atoms with van der Waals surface area (Å²) in [4.78, 5) is 32.6. The zero-order chi connectivity index (χ0) is 29.6. The van der Waals surface area contributed by atoms with Crippen LogP contribution in [0, 0.1) is 0 Å². The van der Waals surface area contributed by atoms with Crippen molar-refractivity contribution in [3.63, 3.8) is 0 Å². The number of amides is 3. The average molecular weight is 598 g/mol. The van der Waals surface area contributed by atoms with Crippen LogP contribution in [0.1, 0.15) is 23.5 Å². The summed E-state index contributed by atoms with van der Waals surface area (Å²) in [6.07, 6.45) is 13.1. The molecule has 9 heteroatoms. The van der Waals surface area contributed by atoms with E-state index >= 15 is 0 Å². The highest BCUT2D eigenvalue weighted by Crippen LogP contribution is 2.53. The van der Waals surface area contributed by atoms with Crippen molar-refractivity contribution in [1.82, 2.24) is 25.1 Å². The number of ether oxygens (including phenoxy) is 1. The first kappa shape index (κ1) is 28.4. The number of fused-ring (bicyclic) bond motifs is 2. The van der Waals surface area contributed by atoms with Crippen molar-refractivity contribution in [2.45, 2.75) is 48.8 Å². The van der Waals surface area contributed by atoms with Crippen LogP contribution in [0.4, 0.5) is 4.79 Å². The molecule has 3 saturated heterocycles. The molecule has 1 N–H and O–H groups in total. The Kier molecular flexibility index (Phi) is 7.67. The van der Waals surface area contributed by atoms with Crippen molar-refractivity contribution < 1.29 is 14.3 Å². The van der Waals surface area contributed by atoms with Gasteiger partial charge < -0.3 is 15.0 Å². The number of hydrogen-bond acceptors (Lipinski definition) is 6. The number of rotatable bonds is 6. The number of allylic oxidation sites excluding steroid dienone is 3. The Labute approximate surface area is 258 Å². The predicted molar refractivity (Wildman–Crippen MR) is 169 cm³/mol. The third kappa shape index (κ3) is 4.73. The molecule has 1 spiro atoms. The van der Waals surface area contributed by atoms with E-state index in [1.54, 1.807) is 21.8 Å². The molecular formula is C34H39N5O3S. The van der Waals surface area contributed by atoms with E-state index in [9.17, 15) is 9.59 Å². The van der Waals surface area contributed by atoms with Gasteiger partial charge in [-0.3, -0.25) is 9.69 Å². The maximum absolute atomic E-state index is 14.0. The fourth-order valence-electron chi connectivity index (χ4n) is 7.86. The van der Waals surface area contributed by atoms with E-state index in [1.807, 2.05) is 42.3 Å². The first-order valence-electron chi connectivity index (χ1n) is 15.2. The minimum Gasteiger partial charge on any atom is -0.363 e. The van der Waals surface area contributed by atoms with E-state index in [-0.39, 0.29) is 42.7 Å². The summed E-state index contributed by atoms with van der Waals surface area (Å²) in [6, 6.07) is 20.3. The van der Waals surface area contributed by atoms with Crippen molar-refractivity contribution in [2.75, 3.05) is 38.7 Å². The average Bonchev–Trinajstić information content (AvgIpc) is 3.10. The summed E-state index contributed by atoms with van der Waals surface area (Å²) in [5.41, 5.74) is 3.11. The van der Waals surface area contributed by atoms with Gasteiger partial charge in [0.15, 0.2) is 0 Å². The largest absolute Gasteiger partial charge is 0.363 e. The van der Waals surface area contributed by atoms with Crippen molar-refractivity contribution in [2.24, 2.45) is 0 Å². The number of likely N-dealkylation sites (N-methyl/N-ethyl adjacent to an activating group) is 1. The van der Waals surface area contributed by atoms with Gasteiger partial charge in [-0.15, -0.1) is 0 Å². The predicted octanol–water partition coefficient (Wildman–Crippen LogP) is 4.01. The van der Waals surface area contributed by atoms with Gasteiger partial charge in [-0.2, -0.15) is 11.8 Å². The summed E-state index contributed by atoms with van der Waals surface area (Å²) < 4.78 is 6.63. The lowest BCUT2D eigenvalue weighted by Gasteiger charge is -2.69. The maximum atomic E-state index is 14.0. The van der Waals surface area contributed by atoms with Crippen LogP contribution in [0.5, 0.6) is 0 Å². The summed E-state index contributed by atoms with van der Waals surface area (Å²) in [6.45, 7) is 1.90. The van der Waals surface area contributed by atoms with Crippen molar-refractivity contribution >= 4 is 23.7 Å². The van der Waals surface area contributed by atoms with Crippen LogP contribution < -0.4 is 5.32 Å². The Hall–Kier alpha value is -3.37. The Morgan fingerprint density at radius 3 is 2.58 bits per heavy atom. The zero-order valence-corrected chi connectivity index (χ0v) is 25.5. The minimum atomic E-state index is -0.429. The Balaban J connectivity index is 1.30. The number of nitrogens with zero attached hydrogens (tertiary/aromatic N) is 4. The highest BCUT2D eigenvalue weighted by Gasteiger charge is 2.69. The van der Waals surface area contributed by atoms with Gasteiger partial charge in [-0.05, 0) is 41.2 Å². The lowest BCUT2D eigenvalue weighted by molar-refractivity contribution is -0.285. The van der Waals surface area contributed by atoms with Crippen LogP contribution in [0.15, 0.2) is 96.6 Å². The normalized spacial score (nSPS) is 33.1. The molecule has 6 atom stereocenters. The first-order chi connectivity index (χ1) is 21.0. The highest BCUT2D eigenvalue weighted by molar-refractivity contribution is 7.98. The molecule has 2 aromatic carbocycles. The van der Waals surface area contributed by atoms with Gasteiger partial charge in [0.25, 0.3) is 0 Å². The molecule has 5 aliphatic rings. The van der Waals surface area contributed by atoms with Gasteiger partial charge >= 0.3 is 6.03 Å². The lowest BCUT2D eigenvalue weighted by atomic mass is 9.69. The Morgan fingerprint density at radius 1 is 1.05 bits per heavy atom. The van der Waals surface area contributed by atoms with Crippen LogP contribution in [-0.2, 0) is 16.1 Å². The molecule has 4 unspecified atom stereocenters. The molecule has 224 valence electrons. The summed E-state index contributed by atoms with van der Waals surface area (Å²) >= 11 is 1.80. The number of benzene rings is 2. The second kappa shape index (κ2) is 11.6. The zero-order valence-electron chi connectivity index (χ0n) is 24.7. The van der Waals surface area contributed by atoms with Gasteiger partial charge in [-0.25, -0.2) is 14.8 Å². The molecule has 0 saturated carbocycles. The van der Waals surface area contributed by atoms with E-state index in [2.05, 4.69) is 77.2 Å². The number of nitrogens with one attached hydrogen (secondary N) is 1. The molecule has 3 fully saturated rings. The number of piperazine rings is 1. The van der Waals surface area contributed by atoms with Gasteiger partial charge in [0.2, 0.25) is 5.91 Å².